The molecule has 20 heavy (non-hydrogen) atoms. The van der Waals surface area contributed by atoms with Gasteiger partial charge in [-0.05, 0) is 20.3 Å². The Labute approximate surface area is 117 Å². The van der Waals surface area contributed by atoms with Gasteiger partial charge in [0.25, 0.3) is 0 Å². The number of aromatic nitrogens is 2. The highest BCUT2D eigenvalue weighted by atomic mass is 16.4. The second kappa shape index (κ2) is 6.74. The van der Waals surface area contributed by atoms with Crippen LogP contribution in [0.2, 0.25) is 0 Å². The summed E-state index contributed by atoms with van der Waals surface area (Å²) in [6, 6.07) is -1.49. The van der Waals surface area contributed by atoms with Crippen molar-refractivity contribution in [2.45, 2.75) is 32.9 Å². The molecule has 1 unspecified atom stereocenters. The van der Waals surface area contributed by atoms with Crippen molar-refractivity contribution in [3.63, 3.8) is 0 Å². The molecule has 0 aliphatic rings. The maximum atomic E-state index is 11.7. The maximum Gasteiger partial charge on any atom is 0.326 e. The van der Waals surface area contributed by atoms with Crippen LogP contribution in [-0.4, -0.2) is 32.9 Å². The molecule has 3 N–H and O–H groups in total. The lowest BCUT2D eigenvalue weighted by molar-refractivity contribution is -0.139. The summed E-state index contributed by atoms with van der Waals surface area (Å²) in [5, 5.41) is 18.2. The van der Waals surface area contributed by atoms with Crippen LogP contribution < -0.4 is 10.6 Å². The Kier molecular flexibility index (Phi) is 5.31. The van der Waals surface area contributed by atoms with E-state index in [-0.39, 0.29) is 6.42 Å². The molecule has 0 spiro atoms. The van der Waals surface area contributed by atoms with Crippen molar-refractivity contribution in [3.8, 4) is 0 Å². The first-order valence-corrected chi connectivity index (χ1v) is 6.24. The molecule has 2 amide bonds. The largest absolute Gasteiger partial charge is 0.480 e. The number of hydrogen-bond acceptors (Lipinski definition) is 3. The Hall–Kier alpha value is -2.31. The molecular formula is C13H20N4O3. The molecule has 0 fully saturated rings. The number of aryl methyl sites for hydroxylation is 2. The number of nitrogens with one attached hydrogen (secondary N) is 2. The van der Waals surface area contributed by atoms with E-state index in [1.165, 1.54) is 6.08 Å². The Bertz CT molecular complexity index is 522. The van der Waals surface area contributed by atoms with Crippen LogP contribution in [0.4, 0.5) is 4.79 Å². The first-order chi connectivity index (χ1) is 9.36. The number of carbonyl (C=O) groups is 2. The fourth-order valence-corrected chi connectivity index (χ4v) is 1.84. The molecule has 1 heterocycles. The van der Waals surface area contributed by atoms with E-state index in [1.807, 2.05) is 20.9 Å². The van der Waals surface area contributed by atoms with E-state index >= 15 is 0 Å². The van der Waals surface area contributed by atoms with Gasteiger partial charge < -0.3 is 15.7 Å². The molecule has 1 atom stereocenters. The number of carboxylic acid groups (broad SMARTS) is 1. The van der Waals surface area contributed by atoms with E-state index in [4.69, 9.17) is 5.11 Å². The van der Waals surface area contributed by atoms with E-state index in [1.54, 1.807) is 4.68 Å². The number of carbonyl (C=O) groups excluding carboxylic acids is 1. The van der Waals surface area contributed by atoms with E-state index in [0.29, 0.717) is 6.54 Å². The van der Waals surface area contributed by atoms with Crippen LogP contribution in [0.5, 0.6) is 0 Å². The predicted molar refractivity (Wildman–Crippen MR) is 74.3 cm³/mol. The third-order valence-corrected chi connectivity index (χ3v) is 3.09. The van der Waals surface area contributed by atoms with Crippen molar-refractivity contribution in [1.82, 2.24) is 20.4 Å². The highest BCUT2D eigenvalue weighted by Crippen LogP contribution is 2.10. The molecule has 0 saturated carbocycles. The SMILES string of the molecule is C=CCC(NC(=O)NCc1c(C)nn(C)c1C)C(=O)O. The monoisotopic (exact) mass is 280 g/mol. The molecule has 0 aliphatic heterocycles. The summed E-state index contributed by atoms with van der Waals surface area (Å²) in [6.07, 6.45) is 1.63. The van der Waals surface area contributed by atoms with Crippen LogP contribution in [0.15, 0.2) is 12.7 Å². The fourth-order valence-electron chi connectivity index (χ4n) is 1.84. The lowest BCUT2D eigenvalue weighted by Gasteiger charge is -2.13. The Morgan fingerprint density at radius 3 is 2.60 bits per heavy atom. The summed E-state index contributed by atoms with van der Waals surface area (Å²) in [7, 11) is 1.83. The van der Waals surface area contributed by atoms with Gasteiger partial charge in [0.05, 0.1) is 5.69 Å². The molecule has 0 saturated heterocycles. The van der Waals surface area contributed by atoms with Crippen LogP contribution in [0.3, 0.4) is 0 Å². The second-order valence-corrected chi connectivity index (χ2v) is 4.52. The maximum absolute atomic E-state index is 11.7. The van der Waals surface area contributed by atoms with Gasteiger partial charge in [0.15, 0.2) is 0 Å². The summed E-state index contributed by atoms with van der Waals surface area (Å²) < 4.78 is 1.74. The van der Waals surface area contributed by atoms with Crippen molar-refractivity contribution in [2.24, 2.45) is 7.05 Å². The number of nitrogens with zero attached hydrogens (tertiary/aromatic N) is 2. The summed E-state index contributed by atoms with van der Waals surface area (Å²) in [5.41, 5.74) is 2.73. The van der Waals surface area contributed by atoms with Gasteiger partial charge in [0, 0.05) is 24.8 Å². The van der Waals surface area contributed by atoms with Gasteiger partial charge in [-0.15, -0.1) is 6.58 Å². The third-order valence-electron chi connectivity index (χ3n) is 3.09. The average Bonchev–Trinajstić information content (AvgIpc) is 2.60. The number of rotatable bonds is 6. The zero-order valence-corrected chi connectivity index (χ0v) is 11.9. The smallest absolute Gasteiger partial charge is 0.326 e. The molecule has 0 radical (unpaired) electrons. The molecule has 7 nitrogen and oxygen atoms in total. The van der Waals surface area contributed by atoms with Gasteiger partial charge in [0.1, 0.15) is 6.04 Å². The van der Waals surface area contributed by atoms with Crippen LogP contribution in [0.25, 0.3) is 0 Å². The van der Waals surface area contributed by atoms with Crippen molar-refractivity contribution >= 4 is 12.0 Å². The van der Waals surface area contributed by atoms with Crippen molar-refractivity contribution in [3.05, 3.63) is 29.6 Å². The van der Waals surface area contributed by atoms with E-state index < -0.39 is 18.0 Å². The number of carboxylic acids is 1. The Morgan fingerprint density at radius 2 is 2.15 bits per heavy atom. The topological polar surface area (TPSA) is 96.3 Å². The van der Waals surface area contributed by atoms with Crippen LogP contribution in [0.1, 0.15) is 23.4 Å². The Morgan fingerprint density at radius 1 is 1.50 bits per heavy atom. The highest BCUT2D eigenvalue weighted by Gasteiger charge is 2.18. The van der Waals surface area contributed by atoms with Gasteiger partial charge in [-0.25, -0.2) is 9.59 Å². The average molecular weight is 280 g/mol. The lowest BCUT2D eigenvalue weighted by Crippen LogP contribution is -2.45. The van der Waals surface area contributed by atoms with E-state index in [2.05, 4.69) is 22.3 Å². The zero-order chi connectivity index (χ0) is 15.3. The number of hydrogen-bond donors (Lipinski definition) is 3. The summed E-state index contributed by atoms with van der Waals surface area (Å²) in [4.78, 5) is 22.6. The zero-order valence-electron chi connectivity index (χ0n) is 11.9. The van der Waals surface area contributed by atoms with Gasteiger partial charge in [0.2, 0.25) is 0 Å². The molecule has 110 valence electrons. The molecule has 7 heteroatoms. The summed E-state index contributed by atoms with van der Waals surface area (Å²) >= 11 is 0. The van der Waals surface area contributed by atoms with E-state index in [0.717, 1.165) is 17.0 Å². The first-order valence-electron chi connectivity index (χ1n) is 6.24. The minimum Gasteiger partial charge on any atom is -0.480 e. The molecule has 0 bridgehead atoms. The van der Waals surface area contributed by atoms with Gasteiger partial charge >= 0.3 is 12.0 Å². The standard InChI is InChI=1S/C13H20N4O3/c1-5-6-11(12(18)19)15-13(20)14-7-10-8(2)16-17(4)9(10)3/h5,11H,1,6-7H2,2-4H3,(H,18,19)(H2,14,15,20). The quantitative estimate of drug-likeness (QED) is 0.673. The molecule has 1 aromatic rings. The number of amides is 2. The van der Waals surface area contributed by atoms with E-state index in [9.17, 15) is 9.59 Å². The van der Waals surface area contributed by atoms with Crippen molar-refractivity contribution < 1.29 is 14.7 Å². The molecule has 1 rings (SSSR count). The van der Waals surface area contributed by atoms with Crippen LogP contribution in [-0.2, 0) is 18.4 Å². The Balaban J connectivity index is 2.59. The van der Waals surface area contributed by atoms with Crippen molar-refractivity contribution in [2.75, 3.05) is 0 Å². The number of urea groups is 1. The molecule has 0 aromatic carbocycles. The normalized spacial score (nSPS) is 11.8. The minimum atomic E-state index is -1.09. The third kappa shape index (κ3) is 3.84. The predicted octanol–water partition coefficient (Wildman–Crippen LogP) is 0.865. The summed E-state index contributed by atoms with van der Waals surface area (Å²) in [6.45, 7) is 7.54. The first kappa shape index (κ1) is 15.7. The second-order valence-electron chi connectivity index (χ2n) is 4.52. The molecule has 1 aromatic heterocycles. The van der Waals surface area contributed by atoms with Crippen LogP contribution in [0, 0.1) is 13.8 Å². The minimum absolute atomic E-state index is 0.174. The van der Waals surface area contributed by atoms with Crippen molar-refractivity contribution in [1.29, 1.82) is 0 Å². The van der Waals surface area contributed by atoms with Gasteiger partial charge in [-0.1, -0.05) is 6.08 Å². The van der Waals surface area contributed by atoms with Crippen LogP contribution >= 0.6 is 0 Å². The molecular weight excluding hydrogens is 260 g/mol. The fraction of sp³-hybridized carbons (Fsp3) is 0.462. The highest BCUT2D eigenvalue weighted by molar-refractivity contribution is 5.82. The summed E-state index contributed by atoms with van der Waals surface area (Å²) in [5.74, 6) is -1.09. The lowest BCUT2D eigenvalue weighted by atomic mass is 10.2. The molecule has 0 aliphatic carbocycles. The van der Waals surface area contributed by atoms with Gasteiger partial charge in [-0.2, -0.15) is 5.10 Å². The van der Waals surface area contributed by atoms with Gasteiger partial charge in [-0.3, -0.25) is 4.68 Å². The number of aliphatic carboxylic acids is 1.